The van der Waals surface area contributed by atoms with Crippen LogP contribution in [0.15, 0.2) is 18.2 Å². The highest BCUT2D eigenvalue weighted by Crippen LogP contribution is 2.27. The number of aromatic nitrogens is 2. The SMILES string of the molecule is CCOC(=O)c1c([N+](=O)[O-])c(C)nn1-c1ccc(F)c(C#N)c1. The fourth-order valence-corrected chi connectivity index (χ4v) is 2.04. The Bertz CT molecular complexity index is 838. The molecule has 0 radical (unpaired) electrons. The van der Waals surface area contributed by atoms with Crippen LogP contribution >= 0.6 is 0 Å². The molecule has 0 amide bonds. The number of carbonyl (C=O) groups is 1. The highest BCUT2D eigenvalue weighted by molar-refractivity contribution is 5.93. The van der Waals surface area contributed by atoms with E-state index in [1.54, 1.807) is 13.0 Å². The first-order valence-corrected chi connectivity index (χ1v) is 6.51. The van der Waals surface area contributed by atoms with Crippen LogP contribution < -0.4 is 0 Å². The monoisotopic (exact) mass is 318 g/mol. The second kappa shape index (κ2) is 6.23. The lowest BCUT2D eigenvalue weighted by molar-refractivity contribution is -0.385. The van der Waals surface area contributed by atoms with Gasteiger partial charge in [-0.05, 0) is 32.0 Å². The number of halogens is 1. The van der Waals surface area contributed by atoms with Gasteiger partial charge in [-0.3, -0.25) is 10.1 Å². The third kappa shape index (κ3) is 2.87. The number of carbonyl (C=O) groups excluding carboxylic acids is 1. The van der Waals surface area contributed by atoms with Crippen molar-refractivity contribution in [2.24, 2.45) is 0 Å². The van der Waals surface area contributed by atoms with E-state index >= 15 is 0 Å². The first kappa shape index (κ1) is 16.1. The fraction of sp³-hybridized carbons (Fsp3) is 0.214. The van der Waals surface area contributed by atoms with Gasteiger partial charge in [0.25, 0.3) is 0 Å². The summed E-state index contributed by atoms with van der Waals surface area (Å²) in [7, 11) is 0. The van der Waals surface area contributed by atoms with Crippen LogP contribution in [-0.4, -0.2) is 27.3 Å². The van der Waals surface area contributed by atoms with Gasteiger partial charge in [0, 0.05) is 0 Å². The first-order chi connectivity index (χ1) is 10.9. The van der Waals surface area contributed by atoms with Gasteiger partial charge in [-0.1, -0.05) is 0 Å². The smallest absolute Gasteiger partial charge is 0.364 e. The van der Waals surface area contributed by atoms with Crippen molar-refractivity contribution in [3.8, 4) is 11.8 Å². The maximum Gasteiger partial charge on any atom is 0.364 e. The van der Waals surface area contributed by atoms with Gasteiger partial charge >= 0.3 is 11.7 Å². The van der Waals surface area contributed by atoms with Gasteiger partial charge in [-0.2, -0.15) is 10.4 Å². The first-order valence-electron chi connectivity index (χ1n) is 6.51. The quantitative estimate of drug-likeness (QED) is 0.485. The molecule has 2 aromatic rings. The number of hydrogen-bond acceptors (Lipinski definition) is 6. The molecule has 0 unspecified atom stereocenters. The van der Waals surface area contributed by atoms with Crippen LogP contribution in [0.4, 0.5) is 10.1 Å². The van der Waals surface area contributed by atoms with E-state index in [0.717, 1.165) is 16.8 Å². The Morgan fingerprint density at radius 3 is 2.83 bits per heavy atom. The fourth-order valence-electron chi connectivity index (χ4n) is 2.04. The lowest BCUT2D eigenvalue weighted by Crippen LogP contribution is -2.14. The molecule has 0 aliphatic rings. The van der Waals surface area contributed by atoms with Crippen molar-refractivity contribution in [2.75, 3.05) is 6.61 Å². The summed E-state index contributed by atoms with van der Waals surface area (Å²) >= 11 is 0. The van der Waals surface area contributed by atoms with Crippen LogP contribution in [0.5, 0.6) is 0 Å². The molecule has 2 rings (SSSR count). The molecule has 0 saturated carbocycles. The molecule has 0 aliphatic carbocycles. The molecule has 23 heavy (non-hydrogen) atoms. The molecule has 1 aromatic carbocycles. The zero-order valence-corrected chi connectivity index (χ0v) is 12.2. The van der Waals surface area contributed by atoms with Crippen LogP contribution in [0.1, 0.15) is 28.7 Å². The summed E-state index contributed by atoms with van der Waals surface area (Å²) in [5.41, 5.74) is -1.01. The second-order valence-electron chi connectivity index (χ2n) is 4.45. The number of nitrogens with zero attached hydrogens (tertiary/aromatic N) is 4. The van der Waals surface area contributed by atoms with Gasteiger partial charge < -0.3 is 4.74 Å². The van der Waals surface area contributed by atoms with Crippen molar-refractivity contribution in [1.82, 2.24) is 9.78 Å². The molecule has 0 aliphatic heterocycles. The molecule has 118 valence electrons. The Morgan fingerprint density at radius 2 is 2.26 bits per heavy atom. The highest BCUT2D eigenvalue weighted by Gasteiger charge is 2.32. The predicted octanol–water partition coefficient (Wildman–Crippen LogP) is 2.28. The maximum absolute atomic E-state index is 13.4. The van der Waals surface area contributed by atoms with E-state index in [-0.39, 0.29) is 29.2 Å². The Balaban J connectivity index is 2.72. The lowest BCUT2D eigenvalue weighted by atomic mass is 10.2. The van der Waals surface area contributed by atoms with Crippen LogP contribution in [0.3, 0.4) is 0 Å². The summed E-state index contributed by atoms with van der Waals surface area (Å²) < 4.78 is 19.2. The Kier molecular flexibility index (Phi) is 4.36. The zero-order chi connectivity index (χ0) is 17.1. The molecule has 0 saturated heterocycles. The predicted molar refractivity (Wildman–Crippen MR) is 75.6 cm³/mol. The lowest BCUT2D eigenvalue weighted by Gasteiger charge is -2.07. The molecule has 9 heteroatoms. The van der Waals surface area contributed by atoms with Gasteiger partial charge in [0.05, 0.1) is 22.8 Å². The topological polar surface area (TPSA) is 111 Å². The van der Waals surface area contributed by atoms with Crippen molar-refractivity contribution in [3.63, 3.8) is 0 Å². The number of aryl methyl sites for hydroxylation is 1. The number of ether oxygens (including phenoxy) is 1. The number of nitro groups is 1. The number of hydrogen-bond donors (Lipinski definition) is 0. The Labute approximate surface area is 129 Å². The third-order valence-electron chi connectivity index (χ3n) is 3.00. The van der Waals surface area contributed by atoms with Crippen molar-refractivity contribution in [3.05, 3.63) is 51.1 Å². The number of benzene rings is 1. The molecule has 8 nitrogen and oxygen atoms in total. The summed E-state index contributed by atoms with van der Waals surface area (Å²) in [5, 5.41) is 24.0. The zero-order valence-electron chi connectivity index (χ0n) is 12.2. The largest absolute Gasteiger partial charge is 0.461 e. The molecule has 0 N–H and O–H groups in total. The van der Waals surface area contributed by atoms with E-state index in [4.69, 9.17) is 10.00 Å². The summed E-state index contributed by atoms with van der Waals surface area (Å²) in [5.74, 6) is -1.67. The molecule has 1 heterocycles. The van der Waals surface area contributed by atoms with Crippen LogP contribution in [0.25, 0.3) is 5.69 Å². The van der Waals surface area contributed by atoms with Crippen molar-refractivity contribution in [2.45, 2.75) is 13.8 Å². The van der Waals surface area contributed by atoms with E-state index in [9.17, 15) is 19.3 Å². The van der Waals surface area contributed by atoms with Gasteiger partial charge in [0.15, 0.2) is 0 Å². The van der Waals surface area contributed by atoms with Crippen LogP contribution in [0, 0.1) is 34.2 Å². The summed E-state index contributed by atoms with van der Waals surface area (Å²) in [6, 6.07) is 5.08. The van der Waals surface area contributed by atoms with E-state index < -0.39 is 22.4 Å². The highest BCUT2D eigenvalue weighted by atomic mass is 19.1. The number of rotatable bonds is 4. The number of nitriles is 1. The molecule has 1 aromatic heterocycles. The minimum absolute atomic E-state index is 0.000820. The van der Waals surface area contributed by atoms with Crippen molar-refractivity contribution < 1.29 is 18.8 Å². The summed E-state index contributed by atoms with van der Waals surface area (Å²) in [4.78, 5) is 22.5. The summed E-state index contributed by atoms with van der Waals surface area (Å²) in [6.45, 7) is 2.95. The van der Waals surface area contributed by atoms with Crippen molar-refractivity contribution >= 4 is 11.7 Å². The van der Waals surface area contributed by atoms with Gasteiger partial charge in [-0.25, -0.2) is 13.9 Å². The standard InChI is InChI=1S/C14H11FN4O4/c1-3-23-14(20)13-12(19(21)22)8(2)17-18(13)10-4-5-11(15)9(6-10)7-16/h4-6H,3H2,1-2H3. The average Bonchev–Trinajstić information content (AvgIpc) is 2.85. The van der Waals surface area contributed by atoms with Crippen LogP contribution in [-0.2, 0) is 4.74 Å². The molecular weight excluding hydrogens is 307 g/mol. The van der Waals surface area contributed by atoms with Gasteiger partial charge in [0.2, 0.25) is 5.69 Å². The average molecular weight is 318 g/mol. The third-order valence-corrected chi connectivity index (χ3v) is 3.00. The van der Waals surface area contributed by atoms with Gasteiger partial charge in [-0.15, -0.1) is 0 Å². The van der Waals surface area contributed by atoms with E-state index in [1.807, 2.05) is 0 Å². The Hall–Kier alpha value is -3.28. The molecule has 0 bridgehead atoms. The minimum atomic E-state index is -0.928. The van der Waals surface area contributed by atoms with Crippen molar-refractivity contribution in [1.29, 1.82) is 5.26 Å². The molecule has 0 spiro atoms. The minimum Gasteiger partial charge on any atom is -0.461 e. The normalized spacial score (nSPS) is 10.2. The molecule has 0 fully saturated rings. The van der Waals surface area contributed by atoms with E-state index in [1.165, 1.54) is 13.0 Å². The Morgan fingerprint density at radius 1 is 1.57 bits per heavy atom. The molecule has 0 atom stereocenters. The maximum atomic E-state index is 13.4. The van der Waals surface area contributed by atoms with E-state index in [0.29, 0.717) is 0 Å². The van der Waals surface area contributed by atoms with E-state index in [2.05, 4.69) is 5.10 Å². The second-order valence-corrected chi connectivity index (χ2v) is 4.45. The summed E-state index contributed by atoms with van der Waals surface area (Å²) in [6.07, 6.45) is 0. The van der Waals surface area contributed by atoms with Gasteiger partial charge in [0.1, 0.15) is 17.6 Å². The molecular formula is C14H11FN4O4. The number of esters is 1. The van der Waals surface area contributed by atoms with Crippen LogP contribution in [0.2, 0.25) is 0 Å².